The van der Waals surface area contributed by atoms with Crippen LogP contribution < -0.4 is 0 Å². The van der Waals surface area contributed by atoms with Crippen molar-refractivity contribution < 1.29 is 9.32 Å². The SMILES string of the molecule is CCc1noc([C@@H]2CCCCN2C(=O)CCC2CCCC2)n1. The van der Waals surface area contributed by atoms with Crippen LogP contribution in [0.1, 0.15) is 82.5 Å². The first-order valence-electron chi connectivity index (χ1n) is 8.90. The molecule has 0 radical (unpaired) electrons. The molecule has 1 atom stereocenters. The van der Waals surface area contributed by atoms with E-state index in [9.17, 15) is 4.79 Å². The number of likely N-dealkylation sites (tertiary alicyclic amines) is 1. The Morgan fingerprint density at radius 3 is 2.73 bits per heavy atom. The molecule has 2 fully saturated rings. The minimum absolute atomic E-state index is 0.00220. The summed E-state index contributed by atoms with van der Waals surface area (Å²) >= 11 is 0. The number of rotatable bonds is 5. The molecule has 22 heavy (non-hydrogen) atoms. The fourth-order valence-corrected chi connectivity index (χ4v) is 3.80. The summed E-state index contributed by atoms with van der Waals surface area (Å²) in [6, 6.07) is -0.00220. The van der Waals surface area contributed by atoms with E-state index in [-0.39, 0.29) is 11.9 Å². The molecular formula is C17H27N3O2. The molecule has 5 nitrogen and oxygen atoms in total. The van der Waals surface area contributed by atoms with Crippen LogP contribution in [0.15, 0.2) is 4.52 Å². The molecule has 122 valence electrons. The van der Waals surface area contributed by atoms with Gasteiger partial charge in [0.15, 0.2) is 5.82 Å². The van der Waals surface area contributed by atoms with E-state index in [2.05, 4.69) is 10.1 Å². The molecule has 1 aliphatic heterocycles. The van der Waals surface area contributed by atoms with E-state index >= 15 is 0 Å². The maximum atomic E-state index is 12.7. The first kappa shape index (κ1) is 15.5. The first-order valence-corrected chi connectivity index (χ1v) is 8.90. The van der Waals surface area contributed by atoms with Gasteiger partial charge < -0.3 is 9.42 Å². The lowest BCUT2D eigenvalue weighted by Crippen LogP contribution is -2.38. The van der Waals surface area contributed by atoms with Gasteiger partial charge in [-0.15, -0.1) is 0 Å². The van der Waals surface area contributed by atoms with Gasteiger partial charge >= 0.3 is 0 Å². The Hall–Kier alpha value is -1.39. The average Bonchev–Trinajstić information content (AvgIpc) is 3.24. The quantitative estimate of drug-likeness (QED) is 0.833. The molecule has 0 bridgehead atoms. The first-order chi connectivity index (χ1) is 10.8. The third-order valence-corrected chi connectivity index (χ3v) is 5.15. The minimum atomic E-state index is -0.00220. The molecule has 2 heterocycles. The lowest BCUT2D eigenvalue weighted by Gasteiger charge is -2.33. The molecule has 0 aromatic carbocycles. The summed E-state index contributed by atoms with van der Waals surface area (Å²) < 4.78 is 5.40. The molecule has 1 aliphatic carbocycles. The van der Waals surface area contributed by atoms with Gasteiger partial charge in [-0.3, -0.25) is 4.79 Å². The van der Waals surface area contributed by atoms with Gasteiger partial charge in [-0.25, -0.2) is 0 Å². The highest BCUT2D eigenvalue weighted by atomic mass is 16.5. The largest absolute Gasteiger partial charge is 0.337 e. The van der Waals surface area contributed by atoms with E-state index in [4.69, 9.17) is 4.52 Å². The van der Waals surface area contributed by atoms with Crippen molar-refractivity contribution in [2.75, 3.05) is 6.54 Å². The van der Waals surface area contributed by atoms with E-state index in [1.807, 2.05) is 11.8 Å². The number of piperidine rings is 1. The van der Waals surface area contributed by atoms with Crippen molar-refractivity contribution in [1.29, 1.82) is 0 Å². The van der Waals surface area contributed by atoms with Crippen LogP contribution in [0, 0.1) is 5.92 Å². The van der Waals surface area contributed by atoms with Crippen molar-refractivity contribution in [2.24, 2.45) is 5.92 Å². The van der Waals surface area contributed by atoms with Gasteiger partial charge in [0, 0.05) is 19.4 Å². The van der Waals surface area contributed by atoms with Gasteiger partial charge in [0.2, 0.25) is 11.8 Å². The Morgan fingerprint density at radius 1 is 1.23 bits per heavy atom. The number of hydrogen-bond acceptors (Lipinski definition) is 4. The number of hydrogen-bond donors (Lipinski definition) is 0. The summed E-state index contributed by atoms with van der Waals surface area (Å²) in [6.45, 7) is 2.85. The lowest BCUT2D eigenvalue weighted by atomic mass is 9.98. The Kier molecular flexibility index (Phi) is 5.11. The molecule has 0 unspecified atom stereocenters. The zero-order valence-corrected chi connectivity index (χ0v) is 13.6. The number of carbonyl (C=O) groups is 1. The lowest BCUT2D eigenvalue weighted by molar-refractivity contribution is -0.136. The highest BCUT2D eigenvalue weighted by Gasteiger charge is 2.32. The Labute approximate surface area is 132 Å². The highest BCUT2D eigenvalue weighted by Crippen LogP contribution is 2.32. The van der Waals surface area contributed by atoms with Crippen LogP contribution in [0.5, 0.6) is 0 Å². The smallest absolute Gasteiger partial charge is 0.249 e. The molecular weight excluding hydrogens is 278 g/mol. The highest BCUT2D eigenvalue weighted by molar-refractivity contribution is 5.76. The molecule has 1 saturated heterocycles. The van der Waals surface area contributed by atoms with Gasteiger partial charge in [-0.05, 0) is 31.6 Å². The molecule has 1 aromatic heterocycles. The van der Waals surface area contributed by atoms with Gasteiger partial charge in [0.1, 0.15) is 6.04 Å². The number of amides is 1. The maximum absolute atomic E-state index is 12.7. The molecule has 1 saturated carbocycles. The average molecular weight is 305 g/mol. The van der Waals surface area contributed by atoms with Crippen molar-refractivity contribution >= 4 is 5.91 Å². The molecule has 0 N–H and O–H groups in total. The van der Waals surface area contributed by atoms with Crippen LogP contribution in [0.4, 0.5) is 0 Å². The minimum Gasteiger partial charge on any atom is -0.337 e. The predicted octanol–water partition coefficient (Wildman–Crippen LogP) is 3.66. The summed E-state index contributed by atoms with van der Waals surface area (Å²) in [4.78, 5) is 19.1. The van der Waals surface area contributed by atoms with E-state index in [1.165, 1.54) is 25.7 Å². The van der Waals surface area contributed by atoms with Crippen LogP contribution in [0.3, 0.4) is 0 Å². The number of aryl methyl sites for hydroxylation is 1. The van der Waals surface area contributed by atoms with Crippen LogP contribution in [0.2, 0.25) is 0 Å². The molecule has 5 heteroatoms. The summed E-state index contributed by atoms with van der Waals surface area (Å²) in [5.41, 5.74) is 0. The zero-order valence-electron chi connectivity index (χ0n) is 13.6. The van der Waals surface area contributed by atoms with E-state index in [1.54, 1.807) is 0 Å². The van der Waals surface area contributed by atoms with Crippen LogP contribution in [-0.2, 0) is 11.2 Å². The second kappa shape index (κ2) is 7.25. The van der Waals surface area contributed by atoms with E-state index < -0.39 is 0 Å². The third kappa shape index (κ3) is 3.50. The van der Waals surface area contributed by atoms with Crippen LogP contribution in [0.25, 0.3) is 0 Å². The second-order valence-electron chi connectivity index (χ2n) is 6.69. The Bertz CT molecular complexity index is 494. The summed E-state index contributed by atoms with van der Waals surface area (Å²) in [5, 5.41) is 3.99. The predicted molar refractivity (Wildman–Crippen MR) is 83.2 cm³/mol. The normalized spacial score (nSPS) is 23.1. The fraction of sp³-hybridized carbons (Fsp3) is 0.824. The topological polar surface area (TPSA) is 59.2 Å². The molecule has 0 spiro atoms. The maximum Gasteiger partial charge on any atom is 0.249 e. The summed E-state index contributed by atoms with van der Waals surface area (Å²) in [6.07, 6.45) is 10.9. The standard InChI is InChI=1S/C17H27N3O2/c1-2-15-18-17(22-19-15)14-9-5-6-12-20(14)16(21)11-10-13-7-3-4-8-13/h13-14H,2-12H2,1H3/t14-/m0/s1. The molecule has 2 aliphatic rings. The van der Waals surface area contributed by atoms with Gasteiger partial charge in [0.05, 0.1) is 0 Å². The van der Waals surface area contributed by atoms with Crippen molar-refractivity contribution in [3.05, 3.63) is 11.7 Å². The van der Waals surface area contributed by atoms with Gasteiger partial charge in [-0.2, -0.15) is 4.98 Å². The monoisotopic (exact) mass is 305 g/mol. The number of nitrogens with zero attached hydrogens (tertiary/aromatic N) is 3. The second-order valence-corrected chi connectivity index (χ2v) is 6.69. The molecule has 1 amide bonds. The molecule has 1 aromatic rings. The number of aromatic nitrogens is 2. The number of carbonyl (C=O) groups excluding carboxylic acids is 1. The summed E-state index contributed by atoms with van der Waals surface area (Å²) in [5.74, 6) is 2.40. The molecule has 3 rings (SSSR count). The van der Waals surface area contributed by atoms with E-state index in [0.29, 0.717) is 12.3 Å². The third-order valence-electron chi connectivity index (χ3n) is 5.15. The van der Waals surface area contributed by atoms with Crippen molar-refractivity contribution in [1.82, 2.24) is 15.0 Å². The van der Waals surface area contributed by atoms with Crippen LogP contribution >= 0.6 is 0 Å². The van der Waals surface area contributed by atoms with E-state index in [0.717, 1.165) is 50.4 Å². The van der Waals surface area contributed by atoms with Gasteiger partial charge in [0.25, 0.3) is 0 Å². The Morgan fingerprint density at radius 2 is 2.00 bits per heavy atom. The van der Waals surface area contributed by atoms with Gasteiger partial charge in [-0.1, -0.05) is 37.8 Å². The van der Waals surface area contributed by atoms with Crippen molar-refractivity contribution in [3.63, 3.8) is 0 Å². The van der Waals surface area contributed by atoms with Crippen molar-refractivity contribution in [2.45, 2.75) is 77.2 Å². The zero-order chi connectivity index (χ0) is 15.4. The fourth-order valence-electron chi connectivity index (χ4n) is 3.80. The summed E-state index contributed by atoms with van der Waals surface area (Å²) in [7, 11) is 0. The van der Waals surface area contributed by atoms with Crippen molar-refractivity contribution in [3.8, 4) is 0 Å². The van der Waals surface area contributed by atoms with Crippen LogP contribution in [-0.4, -0.2) is 27.5 Å². The Balaban J connectivity index is 1.62.